The highest BCUT2D eigenvalue weighted by Gasteiger charge is 2.27. The number of Topliss-reactive ketones (excluding diaryl/α,β-unsaturated/α-hetero) is 1. The van der Waals surface area contributed by atoms with Gasteiger partial charge in [-0.1, -0.05) is 13.0 Å². The van der Waals surface area contributed by atoms with Crippen LogP contribution in [0.25, 0.3) is 0 Å². The van der Waals surface area contributed by atoms with Gasteiger partial charge in [-0.15, -0.1) is 0 Å². The topological polar surface area (TPSA) is 55.8 Å². The van der Waals surface area contributed by atoms with E-state index in [0.717, 1.165) is 11.0 Å². The summed E-state index contributed by atoms with van der Waals surface area (Å²) in [5, 5.41) is 9.56. The number of ether oxygens (including phenoxy) is 1. The van der Waals surface area contributed by atoms with Gasteiger partial charge in [-0.2, -0.15) is 0 Å². The van der Waals surface area contributed by atoms with Crippen LogP contribution in [0.2, 0.25) is 0 Å². The maximum atomic E-state index is 11.3. The Morgan fingerprint density at radius 2 is 2.41 bits per heavy atom. The Morgan fingerprint density at radius 1 is 1.65 bits per heavy atom. The van der Waals surface area contributed by atoms with E-state index in [1.54, 1.807) is 12.1 Å². The van der Waals surface area contributed by atoms with Gasteiger partial charge in [0.2, 0.25) is 0 Å². The highest BCUT2D eigenvalue weighted by molar-refractivity contribution is 6.61. The quantitative estimate of drug-likeness (QED) is 0.777. The average Bonchev–Trinajstić information content (AvgIpc) is 2.67. The van der Waals surface area contributed by atoms with E-state index in [1.807, 2.05) is 13.0 Å². The highest BCUT2D eigenvalue weighted by atomic mass is 16.5. The Labute approximate surface area is 101 Å². The van der Waals surface area contributed by atoms with Gasteiger partial charge in [-0.25, -0.2) is 0 Å². The number of ketones is 1. The molecule has 0 spiro atoms. The van der Waals surface area contributed by atoms with Crippen LogP contribution >= 0.6 is 0 Å². The first-order valence-corrected chi connectivity index (χ1v) is 5.71. The number of fused-ring (bicyclic) bond motifs is 1. The fourth-order valence-electron chi connectivity index (χ4n) is 1.88. The molecule has 0 aliphatic carbocycles. The molecule has 1 aliphatic rings. The smallest absolute Gasteiger partial charge is 0.483 e. The van der Waals surface area contributed by atoms with E-state index in [-0.39, 0.29) is 5.78 Å². The van der Waals surface area contributed by atoms with Gasteiger partial charge in [0.15, 0.2) is 11.9 Å². The molecule has 17 heavy (non-hydrogen) atoms. The van der Waals surface area contributed by atoms with Crippen LogP contribution in [0.4, 0.5) is 0 Å². The Kier molecular flexibility index (Phi) is 3.50. The Hall–Kier alpha value is -1.33. The lowest BCUT2D eigenvalue weighted by Gasteiger charge is -2.15. The predicted molar refractivity (Wildman–Crippen MR) is 64.2 cm³/mol. The second-order valence-corrected chi connectivity index (χ2v) is 4.15. The summed E-state index contributed by atoms with van der Waals surface area (Å²) < 4.78 is 10.7. The van der Waals surface area contributed by atoms with E-state index >= 15 is 0 Å². The molecule has 0 saturated heterocycles. The molecule has 1 aromatic carbocycles. The molecule has 0 aromatic heterocycles. The Bertz CT molecular complexity index is 433. The molecule has 5 heteroatoms. The molecule has 0 radical (unpaired) electrons. The van der Waals surface area contributed by atoms with Crippen LogP contribution in [0.3, 0.4) is 0 Å². The largest absolute Gasteiger partial charge is 0.491 e. The first-order chi connectivity index (χ1) is 8.11. The minimum absolute atomic E-state index is 0.00444. The average molecular weight is 234 g/mol. The second-order valence-electron chi connectivity index (χ2n) is 4.15. The van der Waals surface area contributed by atoms with E-state index in [9.17, 15) is 9.82 Å². The molecule has 2 rings (SSSR count). The number of hydrogen-bond donors (Lipinski definition) is 1. The van der Waals surface area contributed by atoms with Crippen molar-refractivity contribution in [2.75, 3.05) is 0 Å². The zero-order valence-electron chi connectivity index (χ0n) is 9.97. The van der Waals surface area contributed by atoms with Crippen LogP contribution in [-0.2, 0) is 16.1 Å². The summed E-state index contributed by atoms with van der Waals surface area (Å²) in [5.41, 5.74) is 1.68. The summed E-state index contributed by atoms with van der Waals surface area (Å²) in [5.74, 6) is 0.597. The normalized spacial score (nSPS) is 15.6. The fourth-order valence-corrected chi connectivity index (χ4v) is 1.88. The van der Waals surface area contributed by atoms with Crippen molar-refractivity contribution in [2.45, 2.75) is 33.0 Å². The summed E-state index contributed by atoms with van der Waals surface area (Å²) in [6.45, 7) is 3.83. The van der Waals surface area contributed by atoms with Gasteiger partial charge < -0.3 is 14.4 Å². The van der Waals surface area contributed by atoms with Crippen molar-refractivity contribution in [1.82, 2.24) is 0 Å². The number of carbonyl (C=O) groups excluding carboxylic acids is 1. The van der Waals surface area contributed by atoms with Crippen LogP contribution in [-0.4, -0.2) is 24.0 Å². The van der Waals surface area contributed by atoms with Gasteiger partial charge >= 0.3 is 7.12 Å². The molecule has 1 atom stereocenters. The van der Waals surface area contributed by atoms with Gasteiger partial charge in [0.25, 0.3) is 0 Å². The number of benzene rings is 1. The Balaban J connectivity index is 2.18. The lowest BCUT2D eigenvalue weighted by Crippen LogP contribution is -2.29. The molecule has 0 bridgehead atoms. The fraction of sp³-hybridized carbons (Fsp3) is 0.417. The van der Waals surface area contributed by atoms with E-state index in [0.29, 0.717) is 18.8 Å². The molecule has 1 aliphatic heterocycles. The molecule has 1 N–H and O–H groups in total. The van der Waals surface area contributed by atoms with Crippen molar-refractivity contribution < 1.29 is 19.2 Å². The third kappa shape index (κ3) is 2.51. The summed E-state index contributed by atoms with van der Waals surface area (Å²) in [7, 11) is -0.883. The van der Waals surface area contributed by atoms with Gasteiger partial charge in [-0.05, 0) is 36.5 Å². The van der Waals surface area contributed by atoms with Crippen LogP contribution < -0.4 is 10.2 Å². The third-order valence-electron chi connectivity index (χ3n) is 2.88. The second kappa shape index (κ2) is 4.90. The molecular weight excluding hydrogens is 219 g/mol. The van der Waals surface area contributed by atoms with Crippen molar-refractivity contribution in [3.05, 3.63) is 23.8 Å². The van der Waals surface area contributed by atoms with Gasteiger partial charge in [0.05, 0.1) is 6.61 Å². The molecule has 90 valence electrons. The summed E-state index contributed by atoms with van der Waals surface area (Å²) in [6.07, 6.45) is 0.207. The van der Waals surface area contributed by atoms with E-state index in [4.69, 9.17) is 9.39 Å². The number of hydrogen-bond acceptors (Lipinski definition) is 4. The zero-order chi connectivity index (χ0) is 12.4. The first kappa shape index (κ1) is 12.1. The molecule has 1 heterocycles. The van der Waals surface area contributed by atoms with Gasteiger partial charge in [0.1, 0.15) is 5.75 Å². The molecule has 4 nitrogen and oxygen atoms in total. The first-order valence-electron chi connectivity index (χ1n) is 5.71. The van der Waals surface area contributed by atoms with Crippen molar-refractivity contribution in [2.24, 2.45) is 0 Å². The maximum absolute atomic E-state index is 11.3. The molecule has 0 fully saturated rings. The van der Waals surface area contributed by atoms with Crippen LogP contribution in [0.15, 0.2) is 18.2 Å². The molecule has 0 amide bonds. The lowest BCUT2D eigenvalue weighted by molar-refractivity contribution is -0.123. The van der Waals surface area contributed by atoms with Gasteiger partial charge in [0, 0.05) is 0 Å². The number of rotatable bonds is 4. The lowest BCUT2D eigenvalue weighted by atomic mass is 9.79. The van der Waals surface area contributed by atoms with Crippen LogP contribution in [0.5, 0.6) is 5.75 Å². The van der Waals surface area contributed by atoms with E-state index in [2.05, 4.69) is 0 Å². The van der Waals surface area contributed by atoms with Crippen molar-refractivity contribution in [3.8, 4) is 5.75 Å². The molecule has 1 unspecified atom stereocenters. The minimum atomic E-state index is -0.883. The minimum Gasteiger partial charge on any atom is -0.483 e. The summed E-state index contributed by atoms with van der Waals surface area (Å²) >= 11 is 0. The van der Waals surface area contributed by atoms with Crippen LogP contribution in [0.1, 0.15) is 25.8 Å². The summed E-state index contributed by atoms with van der Waals surface area (Å²) in [6, 6.07) is 5.39. The van der Waals surface area contributed by atoms with Crippen LogP contribution in [0, 0.1) is 0 Å². The standard InChI is InChI=1S/C12H15BO4/c1-3-12(8(2)14)17-10-5-4-9-7-16-13(15)11(9)6-10/h4-6,12,15H,3,7H2,1-2H3. The highest BCUT2D eigenvalue weighted by Crippen LogP contribution is 2.18. The molecular formula is C12H15BO4. The van der Waals surface area contributed by atoms with Crippen molar-refractivity contribution >= 4 is 18.4 Å². The Morgan fingerprint density at radius 3 is 3.06 bits per heavy atom. The summed E-state index contributed by atoms with van der Waals surface area (Å²) in [4.78, 5) is 11.3. The maximum Gasteiger partial charge on any atom is 0.491 e. The molecule has 0 saturated carbocycles. The van der Waals surface area contributed by atoms with Gasteiger partial charge in [-0.3, -0.25) is 4.79 Å². The van der Waals surface area contributed by atoms with E-state index in [1.165, 1.54) is 6.92 Å². The zero-order valence-corrected chi connectivity index (χ0v) is 9.97. The van der Waals surface area contributed by atoms with E-state index < -0.39 is 13.2 Å². The third-order valence-corrected chi connectivity index (χ3v) is 2.88. The number of carbonyl (C=O) groups is 1. The monoisotopic (exact) mass is 234 g/mol. The van der Waals surface area contributed by atoms with Crippen molar-refractivity contribution in [3.63, 3.8) is 0 Å². The SMILES string of the molecule is CCC(Oc1ccc2c(c1)B(O)OC2)C(C)=O. The predicted octanol–water partition coefficient (Wildman–Crippen LogP) is 0.651. The molecule has 1 aromatic rings. The van der Waals surface area contributed by atoms with Crippen molar-refractivity contribution in [1.29, 1.82) is 0 Å².